The molecule has 0 aliphatic rings. The van der Waals surface area contributed by atoms with Crippen molar-refractivity contribution in [3.05, 3.63) is 30.2 Å². The predicted molar refractivity (Wildman–Crippen MR) is 54.8 cm³/mol. The number of anilines is 1. The van der Waals surface area contributed by atoms with Crippen molar-refractivity contribution in [1.29, 1.82) is 0 Å². The monoisotopic (exact) mass is 191 g/mol. The van der Waals surface area contributed by atoms with Crippen LogP contribution in [0.3, 0.4) is 0 Å². The molecule has 74 valence electrons. The van der Waals surface area contributed by atoms with E-state index in [1.165, 1.54) is 0 Å². The van der Waals surface area contributed by atoms with Gasteiger partial charge in [-0.15, -0.1) is 0 Å². The Kier molecular flexibility index (Phi) is 1.75. The number of hydrogen-bond acceptors (Lipinski definition) is 3. The van der Waals surface area contributed by atoms with Crippen LogP contribution in [0.4, 0.5) is 5.69 Å². The standard InChI is InChI=1S/C10H13N3O/c1-10(2,14)8-6-12-9-5-7(11)3-4-13(8)9/h3-6,14H,11H2,1-2H3. The fraction of sp³-hybridized carbons (Fsp3) is 0.300. The van der Waals surface area contributed by atoms with E-state index < -0.39 is 5.60 Å². The molecule has 14 heavy (non-hydrogen) atoms. The molecule has 2 rings (SSSR count). The van der Waals surface area contributed by atoms with Gasteiger partial charge in [-0.05, 0) is 19.9 Å². The van der Waals surface area contributed by atoms with Gasteiger partial charge >= 0.3 is 0 Å². The number of nitrogens with zero attached hydrogens (tertiary/aromatic N) is 2. The Balaban J connectivity index is 2.70. The molecule has 0 saturated carbocycles. The first-order valence-electron chi connectivity index (χ1n) is 4.44. The summed E-state index contributed by atoms with van der Waals surface area (Å²) in [6.07, 6.45) is 3.47. The Morgan fingerprint density at radius 3 is 2.86 bits per heavy atom. The van der Waals surface area contributed by atoms with E-state index in [4.69, 9.17) is 5.73 Å². The molecule has 4 heteroatoms. The van der Waals surface area contributed by atoms with Gasteiger partial charge in [-0.1, -0.05) is 0 Å². The van der Waals surface area contributed by atoms with E-state index in [-0.39, 0.29) is 0 Å². The SMILES string of the molecule is CC(C)(O)c1cnc2cc(N)ccn12. The van der Waals surface area contributed by atoms with Crippen molar-refractivity contribution in [3.63, 3.8) is 0 Å². The maximum atomic E-state index is 9.85. The normalized spacial score (nSPS) is 12.2. The van der Waals surface area contributed by atoms with Crippen LogP contribution in [0.1, 0.15) is 19.5 Å². The van der Waals surface area contributed by atoms with Crippen molar-refractivity contribution < 1.29 is 5.11 Å². The quantitative estimate of drug-likeness (QED) is 0.710. The van der Waals surface area contributed by atoms with Crippen LogP contribution in [0.2, 0.25) is 0 Å². The third-order valence-electron chi connectivity index (χ3n) is 2.16. The second-order valence-electron chi connectivity index (χ2n) is 3.89. The summed E-state index contributed by atoms with van der Waals surface area (Å²) < 4.78 is 1.83. The molecule has 0 bridgehead atoms. The average molecular weight is 191 g/mol. The Bertz CT molecular complexity index is 468. The summed E-state index contributed by atoms with van der Waals surface area (Å²) in [6, 6.07) is 3.55. The lowest BCUT2D eigenvalue weighted by molar-refractivity contribution is 0.0729. The van der Waals surface area contributed by atoms with Crippen LogP contribution in [0.15, 0.2) is 24.5 Å². The van der Waals surface area contributed by atoms with E-state index in [2.05, 4.69) is 4.98 Å². The van der Waals surface area contributed by atoms with Gasteiger partial charge in [0, 0.05) is 18.0 Å². The number of aromatic nitrogens is 2. The molecule has 2 heterocycles. The zero-order chi connectivity index (χ0) is 10.3. The minimum Gasteiger partial charge on any atom is -0.399 e. The molecular weight excluding hydrogens is 178 g/mol. The third-order valence-corrected chi connectivity index (χ3v) is 2.16. The molecule has 0 aliphatic heterocycles. The maximum Gasteiger partial charge on any atom is 0.139 e. The second-order valence-corrected chi connectivity index (χ2v) is 3.89. The average Bonchev–Trinajstić information content (AvgIpc) is 2.45. The molecule has 3 N–H and O–H groups in total. The molecular formula is C10H13N3O. The van der Waals surface area contributed by atoms with E-state index in [0.717, 1.165) is 11.3 Å². The van der Waals surface area contributed by atoms with Crippen molar-refractivity contribution in [3.8, 4) is 0 Å². The first-order valence-corrected chi connectivity index (χ1v) is 4.44. The highest BCUT2D eigenvalue weighted by Gasteiger charge is 2.20. The summed E-state index contributed by atoms with van der Waals surface area (Å²) in [4.78, 5) is 4.17. The molecule has 0 unspecified atom stereocenters. The molecule has 0 amide bonds. The van der Waals surface area contributed by atoms with Crippen LogP contribution < -0.4 is 5.73 Å². The van der Waals surface area contributed by atoms with Crippen LogP contribution in [-0.4, -0.2) is 14.5 Å². The van der Waals surface area contributed by atoms with Crippen LogP contribution in [0.5, 0.6) is 0 Å². The lowest BCUT2D eigenvalue weighted by atomic mass is 10.1. The van der Waals surface area contributed by atoms with Crippen molar-refractivity contribution in [2.75, 3.05) is 5.73 Å². The number of nitrogens with two attached hydrogens (primary N) is 1. The van der Waals surface area contributed by atoms with Gasteiger partial charge in [-0.3, -0.25) is 0 Å². The van der Waals surface area contributed by atoms with Gasteiger partial charge in [0.2, 0.25) is 0 Å². The van der Waals surface area contributed by atoms with Crippen molar-refractivity contribution >= 4 is 11.3 Å². The first-order chi connectivity index (χ1) is 6.48. The van der Waals surface area contributed by atoms with Gasteiger partial charge in [0.1, 0.15) is 11.2 Å². The molecule has 0 radical (unpaired) electrons. The molecule has 4 nitrogen and oxygen atoms in total. The summed E-state index contributed by atoms with van der Waals surface area (Å²) in [7, 11) is 0. The summed E-state index contributed by atoms with van der Waals surface area (Å²) in [5.74, 6) is 0. The van der Waals surface area contributed by atoms with E-state index in [1.807, 2.05) is 10.6 Å². The fourth-order valence-electron chi connectivity index (χ4n) is 1.45. The van der Waals surface area contributed by atoms with Crippen molar-refractivity contribution in [2.24, 2.45) is 0 Å². The van der Waals surface area contributed by atoms with E-state index in [0.29, 0.717) is 5.69 Å². The number of rotatable bonds is 1. The Hall–Kier alpha value is -1.55. The summed E-state index contributed by atoms with van der Waals surface area (Å²) in [5, 5.41) is 9.85. The molecule has 2 aromatic rings. The molecule has 0 aliphatic carbocycles. The molecule has 0 fully saturated rings. The fourth-order valence-corrected chi connectivity index (χ4v) is 1.45. The topological polar surface area (TPSA) is 63.5 Å². The third kappa shape index (κ3) is 1.33. The number of aliphatic hydroxyl groups is 1. The van der Waals surface area contributed by atoms with Gasteiger partial charge in [0.15, 0.2) is 0 Å². The highest BCUT2D eigenvalue weighted by molar-refractivity contribution is 5.52. The molecule has 0 aromatic carbocycles. The lowest BCUT2D eigenvalue weighted by Crippen LogP contribution is -2.17. The molecule has 0 atom stereocenters. The Labute approximate surface area is 82.0 Å². The van der Waals surface area contributed by atoms with Crippen LogP contribution in [0.25, 0.3) is 5.65 Å². The zero-order valence-corrected chi connectivity index (χ0v) is 8.23. The van der Waals surface area contributed by atoms with Gasteiger partial charge < -0.3 is 15.2 Å². The molecule has 2 aromatic heterocycles. The second kappa shape index (κ2) is 2.72. The zero-order valence-electron chi connectivity index (χ0n) is 8.23. The van der Waals surface area contributed by atoms with Gasteiger partial charge in [-0.25, -0.2) is 4.98 Å². The van der Waals surface area contributed by atoms with Gasteiger partial charge in [0.25, 0.3) is 0 Å². The number of fused-ring (bicyclic) bond motifs is 1. The number of imidazole rings is 1. The number of pyridine rings is 1. The van der Waals surface area contributed by atoms with E-state index in [1.54, 1.807) is 32.2 Å². The van der Waals surface area contributed by atoms with Crippen molar-refractivity contribution in [1.82, 2.24) is 9.38 Å². The summed E-state index contributed by atoms with van der Waals surface area (Å²) in [6.45, 7) is 3.46. The number of nitrogen functional groups attached to an aromatic ring is 1. The van der Waals surface area contributed by atoms with E-state index >= 15 is 0 Å². The maximum absolute atomic E-state index is 9.85. The van der Waals surface area contributed by atoms with Gasteiger partial charge in [0.05, 0.1) is 11.9 Å². The van der Waals surface area contributed by atoms with Crippen LogP contribution in [0, 0.1) is 0 Å². The first kappa shape index (κ1) is 9.02. The smallest absolute Gasteiger partial charge is 0.139 e. The van der Waals surface area contributed by atoms with Crippen LogP contribution in [-0.2, 0) is 5.60 Å². The number of hydrogen-bond donors (Lipinski definition) is 2. The minimum absolute atomic E-state index is 0.672. The van der Waals surface area contributed by atoms with E-state index in [9.17, 15) is 5.11 Å². The Morgan fingerprint density at radius 2 is 2.21 bits per heavy atom. The summed E-state index contributed by atoms with van der Waals surface area (Å²) in [5.41, 5.74) is 6.91. The summed E-state index contributed by atoms with van der Waals surface area (Å²) >= 11 is 0. The highest BCUT2D eigenvalue weighted by Crippen LogP contribution is 2.21. The minimum atomic E-state index is -0.893. The molecule has 0 spiro atoms. The molecule has 0 saturated heterocycles. The lowest BCUT2D eigenvalue weighted by Gasteiger charge is -2.16. The Morgan fingerprint density at radius 1 is 1.50 bits per heavy atom. The van der Waals surface area contributed by atoms with Crippen molar-refractivity contribution in [2.45, 2.75) is 19.4 Å². The highest BCUT2D eigenvalue weighted by atomic mass is 16.3. The predicted octanol–water partition coefficient (Wildman–Crippen LogP) is 1.14. The largest absolute Gasteiger partial charge is 0.399 e. The van der Waals surface area contributed by atoms with Crippen LogP contribution >= 0.6 is 0 Å². The van der Waals surface area contributed by atoms with Gasteiger partial charge in [-0.2, -0.15) is 0 Å².